The molecule has 1 rings (SSSR count). The minimum absolute atomic E-state index is 0.486. The Kier molecular flexibility index (Phi) is 5.92. The van der Waals surface area contributed by atoms with E-state index < -0.39 is 5.60 Å². The van der Waals surface area contributed by atoms with Crippen molar-refractivity contribution in [3.63, 3.8) is 0 Å². The minimum Gasteiger partial charge on any atom is -0.490 e. The number of hydrogen-bond acceptors (Lipinski definition) is 4. The number of aromatic nitrogens is 1. The summed E-state index contributed by atoms with van der Waals surface area (Å²) in [6, 6.07) is 3.74. The molecule has 2 N–H and O–H groups in total. The van der Waals surface area contributed by atoms with Crippen LogP contribution in [0.5, 0.6) is 5.75 Å². The molecule has 0 aliphatic heterocycles. The Morgan fingerprint density at radius 3 is 2.67 bits per heavy atom. The second kappa shape index (κ2) is 7.21. The van der Waals surface area contributed by atoms with E-state index >= 15 is 0 Å². The van der Waals surface area contributed by atoms with Gasteiger partial charge in [0.25, 0.3) is 0 Å². The first-order valence-corrected chi connectivity index (χ1v) is 6.69. The quantitative estimate of drug-likeness (QED) is 0.747. The highest BCUT2D eigenvalue weighted by Gasteiger charge is 2.22. The summed E-state index contributed by atoms with van der Waals surface area (Å²) in [4.78, 5) is 4.26. The maximum absolute atomic E-state index is 10.2. The van der Waals surface area contributed by atoms with E-state index in [4.69, 9.17) is 4.74 Å². The number of nitrogens with one attached hydrogen (secondary N) is 1. The summed E-state index contributed by atoms with van der Waals surface area (Å²) in [7, 11) is 0. The van der Waals surface area contributed by atoms with Gasteiger partial charge in [0.1, 0.15) is 0 Å². The molecule has 102 valence electrons. The van der Waals surface area contributed by atoms with Crippen LogP contribution in [0.25, 0.3) is 0 Å². The van der Waals surface area contributed by atoms with Crippen LogP contribution >= 0.6 is 0 Å². The molecule has 0 spiro atoms. The molecule has 0 saturated heterocycles. The van der Waals surface area contributed by atoms with E-state index in [1.54, 1.807) is 6.20 Å². The fraction of sp³-hybridized carbons (Fsp3) is 0.643. The molecule has 0 aliphatic rings. The number of hydrogen-bond donors (Lipinski definition) is 2. The van der Waals surface area contributed by atoms with Gasteiger partial charge < -0.3 is 15.2 Å². The number of aliphatic hydroxyl groups is 1. The summed E-state index contributed by atoms with van der Waals surface area (Å²) in [6.07, 6.45) is 4.11. The van der Waals surface area contributed by atoms with Gasteiger partial charge in [-0.1, -0.05) is 20.8 Å². The Morgan fingerprint density at radius 2 is 2.06 bits per heavy atom. The van der Waals surface area contributed by atoms with Crippen molar-refractivity contribution in [1.29, 1.82) is 0 Å². The lowest BCUT2D eigenvalue weighted by molar-refractivity contribution is 0.0456. The molecule has 1 aromatic heterocycles. The maximum Gasteiger partial charge on any atom is 0.168 e. The molecule has 1 aromatic rings. The average Bonchev–Trinajstić information content (AvgIpc) is 2.43. The van der Waals surface area contributed by atoms with Crippen LogP contribution in [0, 0.1) is 0 Å². The first-order valence-electron chi connectivity index (χ1n) is 6.69. The molecule has 4 heteroatoms. The van der Waals surface area contributed by atoms with Gasteiger partial charge in [-0.25, -0.2) is 4.98 Å². The van der Waals surface area contributed by atoms with E-state index in [1.165, 1.54) is 0 Å². The van der Waals surface area contributed by atoms with Crippen molar-refractivity contribution in [2.24, 2.45) is 0 Å². The van der Waals surface area contributed by atoms with Crippen LogP contribution in [-0.4, -0.2) is 28.8 Å². The summed E-state index contributed by atoms with van der Waals surface area (Å²) >= 11 is 0. The maximum atomic E-state index is 10.2. The Bertz CT molecular complexity index is 351. The molecule has 1 heterocycles. The predicted molar refractivity (Wildman–Crippen MR) is 74.0 cm³/mol. The molecule has 0 bridgehead atoms. The lowest BCUT2D eigenvalue weighted by Gasteiger charge is -2.26. The van der Waals surface area contributed by atoms with Gasteiger partial charge in [-0.05, 0) is 31.4 Å². The summed E-state index contributed by atoms with van der Waals surface area (Å²) in [5.41, 5.74) is -0.681. The first kappa shape index (κ1) is 14.8. The Labute approximate surface area is 109 Å². The molecular formula is C14H24N2O2. The van der Waals surface area contributed by atoms with Crippen LogP contribution in [-0.2, 0) is 0 Å². The van der Waals surface area contributed by atoms with Crippen LogP contribution in [0.2, 0.25) is 0 Å². The zero-order chi connectivity index (χ0) is 13.4. The highest BCUT2D eigenvalue weighted by atomic mass is 16.5. The van der Waals surface area contributed by atoms with E-state index in [9.17, 15) is 5.11 Å². The Hall–Kier alpha value is -1.29. The lowest BCUT2D eigenvalue weighted by atomic mass is 9.98. The van der Waals surface area contributed by atoms with Crippen molar-refractivity contribution in [2.75, 3.05) is 18.5 Å². The first-order chi connectivity index (χ1) is 8.65. The average molecular weight is 252 g/mol. The van der Waals surface area contributed by atoms with E-state index in [1.807, 2.05) is 26.0 Å². The van der Waals surface area contributed by atoms with Crippen molar-refractivity contribution >= 4 is 5.82 Å². The zero-order valence-electron chi connectivity index (χ0n) is 11.6. The van der Waals surface area contributed by atoms with Crippen molar-refractivity contribution in [3.05, 3.63) is 18.3 Å². The number of anilines is 1. The summed E-state index contributed by atoms with van der Waals surface area (Å²) in [5.74, 6) is 1.44. The summed E-state index contributed by atoms with van der Waals surface area (Å²) in [5, 5.41) is 13.4. The van der Waals surface area contributed by atoms with Gasteiger partial charge in [0.2, 0.25) is 0 Å². The third-order valence-corrected chi connectivity index (χ3v) is 3.13. The van der Waals surface area contributed by atoms with Crippen LogP contribution < -0.4 is 10.1 Å². The van der Waals surface area contributed by atoms with Crippen LogP contribution in [0.4, 0.5) is 5.82 Å². The lowest BCUT2D eigenvalue weighted by Crippen LogP contribution is -2.35. The van der Waals surface area contributed by atoms with Gasteiger partial charge in [-0.15, -0.1) is 0 Å². The predicted octanol–water partition coefficient (Wildman–Crippen LogP) is 2.83. The van der Waals surface area contributed by atoms with Crippen molar-refractivity contribution < 1.29 is 9.84 Å². The van der Waals surface area contributed by atoms with Gasteiger partial charge >= 0.3 is 0 Å². The normalized spacial score (nSPS) is 11.3. The van der Waals surface area contributed by atoms with Gasteiger partial charge in [-0.2, -0.15) is 0 Å². The second-order valence-electron chi connectivity index (χ2n) is 4.48. The third kappa shape index (κ3) is 4.18. The Morgan fingerprint density at radius 1 is 1.33 bits per heavy atom. The second-order valence-corrected chi connectivity index (χ2v) is 4.48. The number of nitrogens with zero attached hydrogens (tertiary/aromatic N) is 1. The summed E-state index contributed by atoms with van der Waals surface area (Å²) < 4.78 is 5.61. The molecular weight excluding hydrogens is 228 g/mol. The SMILES string of the molecule is CCCOc1cccnc1NCC(O)(CC)CC. The zero-order valence-corrected chi connectivity index (χ0v) is 11.6. The van der Waals surface area contributed by atoms with E-state index in [0.717, 1.165) is 12.2 Å². The van der Waals surface area contributed by atoms with Gasteiger partial charge in [0.05, 0.1) is 12.2 Å². The van der Waals surface area contributed by atoms with Crippen molar-refractivity contribution in [2.45, 2.75) is 45.6 Å². The van der Waals surface area contributed by atoms with Crippen LogP contribution in [0.15, 0.2) is 18.3 Å². The largest absolute Gasteiger partial charge is 0.490 e. The van der Waals surface area contributed by atoms with Crippen LogP contribution in [0.3, 0.4) is 0 Å². The standard InChI is InChI=1S/C14H24N2O2/c1-4-10-18-12-8-7-9-15-13(12)16-11-14(17,5-2)6-3/h7-9,17H,4-6,10-11H2,1-3H3,(H,15,16). The van der Waals surface area contributed by atoms with E-state index in [0.29, 0.717) is 31.8 Å². The molecule has 0 saturated carbocycles. The molecule has 0 aromatic carbocycles. The van der Waals surface area contributed by atoms with Gasteiger partial charge in [0, 0.05) is 12.7 Å². The number of pyridine rings is 1. The minimum atomic E-state index is -0.681. The topological polar surface area (TPSA) is 54.4 Å². The molecule has 0 amide bonds. The molecule has 18 heavy (non-hydrogen) atoms. The molecule has 0 fully saturated rings. The third-order valence-electron chi connectivity index (χ3n) is 3.13. The van der Waals surface area contributed by atoms with E-state index in [-0.39, 0.29) is 0 Å². The van der Waals surface area contributed by atoms with Gasteiger partial charge in [-0.3, -0.25) is 0 Å². The van der Waals surface area contributed by atoms with Crippen LogP contribution in [0.1, 0.15) is 40.0 Å². The monoisotopic (exact) mass is 252 g/mol. The molecule has 0 aliphatic carbocycles. The highest BCUT2D eigenvalue weighted by molar-refractivity contribution is 5.49. The smallest absolute Gasteiger partial charge is 0.168 e. The van der Waals surface area contributed by atoms with Crippen molar-refractivity contribution in [3.8, 4) is 5.75 Å². The number of ether oxygens (including phenoxy) is 1. The van der Waals surface area contributed by atoms with Crippen molar-refractivity contribution in [1.82, 2.24) is 4.98 Å². The molecule has 0 unspecified atom stereocenters. The molecule has 4 nitrogen and oxygen atoms in total. The molecule has 0 radical (unpaired) electrons. The number of rotatable bonds is 8. The van der Waals surface area contributed by atoms with E-state index in [2.05, 4.69) is 17.2 Å². The van der Waals surface area contributed by atoms with Gasteiger partial charge in [0.15, 0.2) is 11.6 Å². The highest BCUT2D eigenvalue weighted by Crippen LogP contribution is 2.23. The summed E-state index contributed by atoms with van der Waals surface area (Å²) in [6.45, 7) is 7.19. The molecule has 0 atom stereocenters. The fourth-order valence-corrected chi connectivity index (χ4v) is 1.60. The Balaban J connectivity index is 2.66. The fourth-order valence-electron chi connectivity index (χ4n) is 1.60.